The second kappa shape index (κ2) is 19.0. The zero-order valence-corrected chi connectivity index (χ0v) is 28.0. The van der Waals surface area contributed by atoms with Gasteiger partial charge in [0.2, 0.25) is 17.8 Å². The van der Waals surface area contributed by atoms with Crippen molar-refractivity contribution in [2.24, 2.45) is 0 Å². The van der Waals surface area contributed by atoms with Crippen LogP contribution in [0.2, 0.25) is 0 Å². The first-order valence-electron chi connectivity index (χ1n) is 16.3. The Bertz CT molecular complexity index is 1900. The van der Waals surface area contributed by atoms with Crippen molar-refractivity contribution in [2.45, 2.75) is 6.04 Å². The van der Waals surface area contributed by atoms with Crippen LogP contribution in [-0.2, 0) is 14.3 Å². The minimum atomic E-state index is -1.20. The summed E-state index contributed by atoms with van der Waals surface area (Å²) in [5.74, 6) is -1.09. The number of benzene rings is 4. The van der Waals surface area contributed by atoms with Gasteiger partial charge in [0.1, 0.15) is 5.75 Å². The third-order valence-corrected chi connectivity index (χ3v) is 7.29. The van der Waals surface area contributed by atoms with Crippen LogP contribution in [0, 0.1) is 0 Å². The Labute approximate surface area is 299 Å². The van der Waals surface area contributed by atoms with Crippen molar-refractivity contribution in [2.75, 3.05) is 55.5 Å². The van der Waals surface area contributed by atoms with Crippen LogP contribution in [0.4, 0.5) is 29.2 Å². The fourth-order valence-electron chi connectivity index (χ4n) is 4.71. The molecule has 0 aliphatic rings. The van der Waals surface area contributed by atoms with Crippen LogP contribution in [0.25, 0.3) is 0 Å². The molecule has 0 bridgehead atoms. The van der Waals surface area contributed by atoms with E-state index in [-0.39, 0.29) is 35.1 Å². The number of hydrogen-bond acceptors (Lipinski definition) is 12. The van der Waals surface area contributed by atoms with Gasteiger partial charge in [-0.05, 0) is 66.2 Å². The van der Waals surface area contributed by atoms with E-state index in [1.165, 1.54) is 12.1 Å². The fourth-order valence-corrected chi connectivity index (χ4v) is 4.71. The maximum atomic E-state index is 12.9. The molecule has 0 aliphatic heterocycles. The van der Waals surface area contributed by atoms with E-state index < -0.39 is 17.9 Å². The maximum absolute atomic E-state index is 12.9. The lowest BCUT2D eigenvalue weighted by molar-refractivity contribution is -0.139. The van der Waals surface area contributed by atoms with Crippen molar-refractivity contribution in [1.29, 1.82) is 0 Å². The van der Waals surface area contributed by atoms with Gasteiger partial charge in [-0.25, -0.2) is 4.79 Å². The van der Waals surface area contributed by atoms with Gasteiger partial charge in [0, 0.05) is 35.6 Å². The van der Waals surface area contributed by atoms with Crippen molar-refractivity contribution < 1.29 is 34.1 Å². The molecule has 0 unspecified atom stereocenters. The van der Waals surface area contributed by atoms with Gasteiger partial charge >= 0.3 is 5.97 Å². The summed E-state index contributed by atoms with van der Waals surface area (Å²) < 4.78 is 11.2. The fraction of sp³-hybridized carbons (Fsp3) is 0.189. The number of carbonyl (C=O) groups excluding carboxylic acids is 2. The molecule has 52 heavy (non-hydrogen) atoms. The molecular formula is C37H38N8O7. The molecule has 0 aliphatic carbocycles. The Morgan fingerprint density at radius 2 is 1.12 bits per heavy atom. The van der Waals surface area contributed by atoms with Gasteiger partial charge in [0.05, 0.1) is 26.4 Å². The van der Waals surface area contributed by atoms with E-state index >= 15 is 0 Å². The molecule has 0 radical (unpaired) electrons. The molecule has 1 aromatic heterocycles. The molecule has 268 valence electrons. The summed E-state index contributed by atoms with van der Waals surface area (Å²) in [7, 11) is 0. The van der Waals surface area contributed by atoms with Crippen molar-refractivity contribution in [3.8, 4) is 5.75 Å². The molecule has 4 aromatic carbocycles. The van der Waals surface area contributed by atoms with Crippen LogP contribution in [0.15, 0.2) is 109 Å². The Morgan fingerprint density at radius 3 is 1.71 bits per heavy atom. The Balaban J connectivity index is 1.12. The van der Waals surface area contributed by atoms with Gasteiger partial charge in [0.25, 0.3) is 11.8 Å². The molecule has 15 nitrogen and oxygen atoms in total. The minimum absolute atomic E-state index is 0.113. The average Bonchev–Trinajstić information content (AvgIpc) is 3.16. The quantitative estimate of drug-likeness (QED) is 0.0467. The Morgan fingerprint density at radius 1 is 0.596 bits per heavy atom. The number of ether oxygens (including phenoxy) is 2. The van der Waals surface area contributed by atoms with E-state index in [0.717, 1.165) is 0 Å². The van der Waals surface area contributed by atoms with Crippen LogP contribution in [0.1, 0.15) is 32.3 Å². The highest BCUT2D eigenvalue weighted by molar-refractivity contribution is 5.97. The van der Waals surface area contributed by atoms with E-state index in [1.54, 1.807) is 78.9 Å². The number of nitrogens with zero attached hydrogens (tertiary/aromatic N) is 3. The molecule has 0 fully saturated rings. The summed E-state index contributed by atoms with van der Waals surface area (Å²) in [5.41, 5.74) is 2.51. The zero-order chi connectivity index (χ0) is 36.5. The van der Waals surface area contributed by atoms with Gasteiger partial charge in [-0.15, -0.1) is 0 Å². The van der Waals surface area contributed by atoms with Crippen LogP contribution >= 0.6 is 0 Å². The number of aliphatic carboxylic acids is 1. The summed E-state index contributed by atoms with van der Waals surface area (Å²) in [6.07, 6.45) is 0. The second-order valence-corrected chi connectivity index (χ2v) is 11.1. The van der Waals surface area contributed by atoms with Crippen LogP contribution in [0.3, 0.4) is 0 Å². The van der Waals surface area contributed by atoms with Gasteiger partial charge in [-0.1, -0.05) is 48.5 Å². The van der Waals surface area contributed by atoms with E-state index in [9.17, 15) is 24.6 Å². The lowest BCUT2D eigenvalue weighted by atomic mass is 10.1. The summed E-state index contributed by atoms with van der Waals surface area (Å²) in [5, 5.41) is 34.0. The monoisotopic (exact) mass is 706 g/mol. The number of hydrogen-bond donors (Lipinski definition) is 7. The molecule has 0 spiro atoms. The number of nitrogens with one attached hydrogen (secondary N) is 5. The molecule has 15 heteroatoms. The van der Waals surface area contributed by atoms with Gasteiger partial charge in [-0.2, -0.15) is 15.0 Å². The Kier molecular flexibility index (Phi) is 13.4. The number of aromatic nitrogens is 3. The highest BCUT2D eigenvalue weighted by Gasteiger charge is 2.22. The predicted octanol–water partition coefficient (Wildman–Crippen LogP) is 4.50. The minimum Gasteiger partial charge on any atom is -0.508 e. The molecule has 1 heterocycles. The van der Waals surface area contributed by atoms with Crippen LogP contribution in [0.5, 0.6) is 5.75 Å². The molecule has 0 saturated heterocycles. The zero-order valence-electron chi connectivity index (χ0n) is 28.0. The number of carbonyl (C=O) groups is 3. The number of phenols is 1. The molecule has 1 atom stereocenters. The van der Waals surface area contributed by atoms with Crippen LogP contribution < -0.4 is 26.6 Å². The molecule has 5 rings (SSSR count). The van der Waals surface area contributed by atoms with E-state index in [1.807, 2.05) is 18.2 Å². The number of phenolic OH excluding ortho intramolecular Hbond substituents is 1. The Hall–Kier alpha value is -6.58. The summed E-state index contributed by atoms with van der Waals surface area (Å²) in [4.78, 5) is 50.1. The van der Waals surface area contributed by atoms with Crippen molar-refractivity contribution in [3.05, 3.63) is 126 Å². The molecule has 2 amide bonds. The third kappa shape index (κ3) is 11.5. The number of anilines is 5. The van der Waals surface area contributed by atoms with E-state index in [0.29, 0.717) is 62.0 Å². The van der Waals surface area contributed by atoms with Gasteiger partial charge in [0.15, 0.2) is 6.04 Å². The normalized spacial score (nSPS) is 11.2. The summed E-state index contributed by atoms with van der Waals surface area (Å²) in [6, 6.07) is 29.0. The molecule has 0 saturated carbocycles. The number of rotatable bonds is 19. The molecule has 5 aromatic rings. The second-order valence-electron chi connectivity index (χ2n) is 11.1. The lowest BCUT2D eigenvalue weighted by Gasteiger charge is -2.15. The van der Waals surface area contributed by atoms with Crippen molar-refractivity contribution in [1.82, 2.24) is 25.6 Å². The van der Waals surface area contributed by atoms with Crippen molar-refractivity contribution in [3.63, 3.8) is 0 Å². The molecular weight excluding hydrogens is 668 g/mol. The smallest absolute Gasteiger partial charge is 0.330 e. The average molecular weight is 707 g/mol. The third-order valence-electron chi connectivity index (χ3n) is 7.29. The SMILES string of the molecule is O=C(NCCOCCOCCNc1nc(Nc2ccc(O)cc2)nc(Nc2ccc(C(=O)N[C@H](C(=O)O)c3ccccc3)cc2)n1)c1ccccc1. The van der Waals surface area contributed by atoms with Crippen LogP contribution in [-0.4, -0.2) is 82.5 Å². The number of carboxylic acid groups (broad SMARTS) is 1. The number of aromatic hydroxyl groups is 1. The lowest BCUT2D eigenvalue weighted by Crippen LogP contribution is -2.33. The van der Waals surface area contributed by atoms with Crippen molar-refractivity contribution >= 4 is 47.0 Å². The molecule has 7 N–H and O–H groups in total. The van der Waals surface area contributed by atoms with E-state index in [4.69, 9.17) is 9.47 Å². The number of amides is 2. The summed E-state index contributed by atoms with van der Waals surface area (Å²) >= 11 is 0. The first kappa shape index (κ1) is 36.7. The standard InChI is InChI=1S/C37H38N8O7/c46-30-17-15-29(16-18-30)41-37-44-35(39-20-22-52-24-23-51-21-19-38-32(47)26-9-5-2-6-10-26)43-36(45-37)40-28-13-11-27(12-14-28)33(48)42-31(34(49)50)25-7-3-1-4-8-25/h1-18,31,46H,19-24H2,(H,38,47)(H,42,48)(H,49,50)(H3,39,40,41,43,44,45)/t31-/m0/s1. The highest BCUT2D eigenvalue weighted by Crippen LogP contribution is 2.21. The highest BCUT2D eigenvalue weighted by atomic mass is 16.5. The first-order valence-corrected chi connectivity index (χ1v) is 16.3. The largest absolute Gasteiger partial charge is 0.508 e. The first-order chi connectivity index (χ1) is 25.3. The van der Waals surface area contributed by atoms with E-state index in [2.05, 4.69) is 41.5 Å². The summed E-state index contributed by atoms with van der Waals surface area (Å²) in [6.45, 7) is 2.15. The van der Waals surface area contributed by atoms with Gasteiger partial charge < -0.3 is 46.3 Å². The number of carboxylic acids is 1. The van der Waals surface area contributed by atoms with Gasteiger partial charge in [-0.3, -0.25) is 9.59 Å². The topological polar surface area (TPSA) is 209 Å². The predicted molar refractivity (Wildman–Crippen MR) is 194 cm³/mol. The maximum Gasteiger partial charge on any atom is 0.330 e.